The summed E-state index contributed by atoms with van der Waals surface area (Å²) < 4.78 is 53.5. The lowest BCUT2D eigenvalue weighted by atomic mass is 9.94. The summed E-state index contributed by atoms with van der Waals surface area (Å²) in [6.45, 7) is 11.9. The summed E-state index contributed by atoms with van der Waals surface area (Å²) in [5, 5.41) is 13.0. The number of benzene rings is 2. The van der Waals surface area contributed by atoms with Crippen LogP contribution >= 0.6 is 0 Å². The van der Waals surface area contributed by atoms with E-state index in [0.29, 0.717) is 70.0 Å². The topological polar surface area (TPSA) is 226 Å². The van der Waals surface area contributed by atoms with Gasteiger partial charge in [0.2, 0.25) is 23.6 Å². The van der Waals surface area contributed by atoms with Crippen molar-refractivity contribution in [2.45, 2.75) is 212 Å². The Hall–Kier alpha value is -6.28. The second-order valence-corrected chi connectivity index (χ2v) is 22.1. The zero-order valence-electron chi connectivity index (χ0n) is 49.1. The minimum Gasteiger partial charge on any atom is -0.434 e. The molecule has 81 heavy (non-hydrogen) atoms. The third-order valence-corrected chi connectivity index (χ3v) is 16.0. The van der Waals surface area contributed by atoms with E-state index < -0.39 is 72.4 Å². The summed E-state index contributed by atoms with van der Waals surface area (Å²) >= 11 is 0. The molecule has 8 atom stereocenters. The van der Waals surface area contributed by atoms with Crippen LogP contribution in [0.1, 0.15) is 162 Å². The van der Waals surface area contributed by atoms with E-state index in [1.807, 2.05) is 6.92 Å². The van der Waals surface area contributed by atoms with Crippen molar-refractivity contribution < 1.29 is 56.5 Å². The normalized spacial score (nSPS) is 18.6. The molecule has 2 aromatic heterocycles. The first kappa shape index (κ1) is 63.9. The maximum atomic E-state index is 15.3. The van der Waals surface area contributed by atoms with Crippen LogP contribution in [0.2, 0.25) is 0 Å². The highest BCUT2D eigenvalue weighted by Crippen LogP contribution is 2.40. The zero-order chi connectivity index (χ0) is 58.6. The van der Waals surface area contributed by atoms with Gasteiger partial charge in [-0.3, -0.25) is 19.2 Å². The lowest BCUT2D eigenvalue weighted by molar-refractivity contribution is -0.138. The van der Waals surface area contributed by atoms with Crippen molar-refractivity contribution in [3.8, 4) is 11.4 Å². The number of aromatic nitrogens is 2. The standard InChI is InChI=1S/C61H90F2N8O10/c1-9-13-15-17-19-21-28-78-60(76)80-44-32-42(70(36-44)58(74)50(12-4)68-56(72)38(5)64-7)34-48-46-26-24-40(62)30-52(46)66-54(48)55-49(47-27-25-41(63)31-53(47)67-55)35-43-33-45(81-61(77)79-29-22-20-18-16-14-10-2)37-71(43)59(75)51(23-11-3)69-57(73)39(6)65-8/h24-27,30-31,38-39,42-45,50-51,64-67H,9-23,28-29,32-37H2,1-8H3,(H,68,72)(H,69,73)/t38-,39-,42-,43-,44-,45-,50-,51-/m0/s1. The smallest absolute Gasteiger partial charge is 0.434 e. The number of likely N-dealkylation sites (N-methyl/N-ethyl adjacent to an activating group) is 2. The molecule has 0 bridgehead atoms. The lowest BCUT2D eigenvalue weighted by Gasteiger charge is -2.30. The Labute approximate surface area is 476 Å². The van der Waals surface area contributed by atoms with Gasteiger partial charge in [-0.1, -0.05) is 98.3 Å². The number of nitrogens with zero attached hydrogens (tertiary/aromatic N) is 2. The fourth-order valence-corrected chi connectivity index (χ4v) is 11.2. The van der Waals surface area contributed by atoms with E-state index in [2.05, 4.69) is 45.1 Å². The Morgan fingerprint density at radius 2 is 0.988 bits per heavy atom. The molecule has 20 heteroatoms. The highest BCUT2D eigenvalue weighted by atomic mass is 19.1. The summed E-state index contributed by atoms with van der Waals surface area (Å²) in [5.41, 5.74) is 3.26. The number of unbranched alkanes of at least 4 members (excludes halogenated alkanes) is 10. The fourth-order valence-electron chi connectivity index (χ4n) is 11.2. The fraction of sp³-hybridized carbons (Fsp3) is 0.639. The molecule has 0 radical (unpaired) electrons. The van der Waals surface area contributed by atoms with E-state index >= 15 is 8.78 Å². The van der Waals surface area contributed by atoms with Gasteiger partial charge in [-0.2, -0.15) is 0 Å². The van der Waals surface area contributed by atoms with Crippen molar-refractivity contribution in [1.82, 2.24) is 41.0 Å². The number of halogens is 2. The largest absolute Gasteiger partial charge is 0.508 e. The summed E-state index contributed by atoms with van der Waals surface area (Å²) in [5.74, 6) is -2.43. The summed E-state index contributed by atoms with van der Waals surface area (Å²) in [6.07, 6.45) is 10.8. The van der Waals surface area contributed by atoms with E-state index in [9.17, 15) is 28.8 Å². The first-order chi connectivity index (χ1) is 39.0. The second-order valence-electron chi connectivity index (χ2n) is 22.1. The van der Waals surface area contributed by atoms with Gasteiger partial charge in [-0.05, 0) is 114 Å². The highest BCUT2D eigenvalue weighted by Gasteiger charge is 2.43. The molecule has 448 valence electrons. The Morgan fingerprint density at radius 3 is 1.40 bits per heavy atom. The Morgan fingerprint density at radius 1 is 0.580 bits per heavy atom. The van der Waals surface area contributed by atoms with Crippen molar-refractivity contribution >= 4 is 57.7 Å². The molecule has 6 rings (SSSR count). The molecule has 2 saturated heterocycles. The van der Waals surface area contributed by atoms with E-state index in [0.717, 1.165) is 64.2 Å². The molecule has 6 N–H and O–H groups in total. The zero-order valence-corrected chi connectivity index (χ0v) is 49.1. The average Bonchev–Trinajstić information content (AvgIpc) is 3.54. The van der Waals surface area contributed by atoms with Gasteiger partial charge >= 0.3 is 12.3 Å². The summed E-state index contributed by atoms with van der Waals surface area (Å²) in [6, 6.07) is 4.57. The van der Waals surface area contributed by atoms with Gasteiger partial charge in [0.05, 0.1) is 49.8 Å². The summed E-state index contributed by atoms with van der Waals surface area (Å²) in [7, 11) is 3.31. The molecule has 18 nitrogen and oxygen atoms in total. The van der Waals surface area contributed by atoms with Crippen LogP contribution in [-0.4, -0.2) is 145 Å². The third kappa shape index (κ3) is 17.6. The number of fused-ring (bicyclic) bond motifs is 2. The number of carbonyl (C=O) groups excluding carboxylic acids is 6. The number of ether oxygens (including phenoxy) is 4. The van der Waals surface area contributed by atoms with Crippen LogP contribution in [0.4, 0.5) is 18.4 Å². The third-order valence-electron chi connectivity index (χ3n) is 16.0. The number of rotatable bonds is 32. The molecule has 2 fully saturated rings. The number of hydrogen-bond donors (Lipinski definition) is 6. The molecule has 2 aromatic carbocycles. The van der Waals surface area contributed by atoms with Crippen LogP contribution in [0.3, 0.4) is 0 Å². The van der Waals surface area contributed by atoms with Gasteiger partial charge in [0.1, 0.15) is 35.9 Å². The highest BCUT2D eigenvalue weighted by molar-refractivity contribution is 5.97. The maximum Gasteiger partial charge on any atom is 0.508 e. The van der Waals surface area contributed by atoms with Crippen molar-refractivity contribution in [3.63, 3.8) is 0 Å². The molecule has 4 amide bonds. The van der Waals surface area contributed by atoms with Crippen molar-refractivity contribution in [2.24, 2.45) is 0 Å². The van der Waals surface area contributed by atoms with Gasteiger partial charge < -0.3 is 60.0 Å². The number of likely N-dealkylation sites (tertiary alicyclic amines) is 2. The Balaban J connectivity index is 1.38. The minimum atomic E-state index is -0.912. The predicted octanol–water partition coefficient (Wildman–Crippen LogP) is 10.0. The van der Waals surface area contributed by atoms with Gasteiger partial charge in [0.25, 0.3) is 0 Å². The Bertz CT molecular complexity index is 2720. The van der Waals surface area contributed by atoms with E-state index in [1.54, 1.807) is 56.8 Å². The van der Waals surface area contributed by atoms with Crippen LogP contribution in [0.25, 0.3) is 33.2 Å². The van der Waals surface area contributed by atoms with Crippen LogP contribution in [0.5, 0.6) is 0 Å². The molecule has 4 aromatic rings. The molecule has 0 spiro atoms. The SMILES string of the molecule is CCCCCCCCOC(=O)O[C@H]1C[C@@H](Cc2c(-c3[nH]c4cc(F)ccc4c3C[C@@H]3C[C@H](OC(=O)OCCCCCCCC)CN3C(=O)[C@H](CCC)NC(=O)[C@H](C)NC)[nH]c3cc(F)ccc23)N(C(=O)[C@H](CC)NC(=O)[C@H](C)NC)C1. The monoisotopic (exact) mass is 1130 g/mol. The lowest BCUT2D eigenvalue weighted by Crippen LogP contribution is -2.53. The number of nitrogens with one attached hydrogen (secondary N) is 6. The molecule has 0 unspecified atom stereocenters. The molecule has 0 saturated carbocycles. The average molecular weight is 1130 g/mol. The van der Waals surface area contributed by atoms with Gasteiger partial charge in [-0.25, -0.2) is 18.4 Å². The van der Waals surface area contributed by atoms with Crippen LogP contribution in [-0.2, 0) is 51.0 Å². The number of H-pyrrole nitrogens is 2. The van der Waals surface area contributed by atoms with E-state index in [1.165, 1.54) is 24.3 Å². The number of hydrogen-bond acceptors (Lipinski definition) is 12. The van der Waals surface area contributed by atoms with Crippen LogP contribution in [0, 0.1) is 11.6 Å². The molecule has 4 heterocycles. The molecular formula is C61H90F2N8O10. The molecular weight excluding hydrogens is 1040 g/mol. The van der Waals surface area contributed by atoms with Crippen LogP contribution in [0.15, 0.2) is 36.4 Å². The molecule has 2 aliphatic heterocycles. The Kier molecular flexibility index (Phi) is 25.1. The first-order valence-corrected chi connectivity index (χ1v) is 29.9. The van der Waals surface area contributed by atoms with E-state index in [4.69, 9.17) is 18.9 Å². The number of amides is 4. The minimum absolute atomic E-state index is 0.0154. The van der Waals surface area contributed by atoms with Crippen molar-refractivity contribution in [3.05, 3.63) is 59.2 Å². The molecule has 2 aliphatic rings. The summed E-state index contributed by atoms with van der Waals surface area (Å²) in [4.78, 5) is 93.0. The number of carbonyl (C=O) groups is 6. The quantitative estimate of drug-likeness (QED) is 0.0198. The van der Waals surface area contributed by atoms with E-state index in [-0.39, 0.29) is 82.0 Å². The van der Waals surface area contributed by atoms with Gasteiger partial charge in [-0.15, -0.1) is 0 Å². The van der Waals surface area contributed by atoms with Crippen molar-refractivity contribution in [2.75, 3.05) is 40.4 Å². The first-order valence-electron chi connectivity index (χ1n) is 29.9. The van der Waals surface area contributed by atoms with Crippen molar-refractivity contribution in [1.29, 1.82) is 0 Å². The van der Waals surface area contributed by atoms with Crippen LogP contribution < -0.4 is 21.3 Å². The second kappa shape index (κ2) is 31.8. The van der Waals surface area contributed by atoms with Gasteiger partial charge in [0, 0.05) is 46.7 Å². The maximum absolute atomic E-state index is 15.3. The predicted molar refractivity (Wildman–Crippen MR) is 308 cm³/mol. The molecule has 0 aliphatic carbocycles. The van der Waals surface area contributed by atoms with Gasteiger partial charge in [0.15, 0.2) is 0 Å². The number of aromatic amines is 2.